The van der Waals surface area contributed by atoms with Crippen LogP contribution in [-0.4, -0.2) is 35.2 Å². The molecule has 0 aliphatic carbocycles. The van der Waals surface area contributed by atoms with Crippen molar-refractivity contribution < 1.29 is 9.90 Å². The van der Waals surface area contributed by atoms with Gasteiger partial charge in [-0.2, -0.15) is 11.8 Å². The van der Waals surface area contributed by atoms with Gasteiger partial charge in [0.2, 0.25) is 0 Å². The van der Waals surface area contributed by atoms with Crippen LogP contribution in [0.1, 0.15) is 17.3 Å². The van der Waals surface area contributed by atoms with Crippen LogP contribution in [0.15, 0.2) is 28.7 Å². The highest BCUT2D eigenvalue weighted by atomic mass is 79.9. The third-order valence-corrected chi connectivity index (χ3v) is 3.81. The van der Waals surface area contributed by atoms with Crippen molar-refractivity contribution in [3.05, 3.63) is 34.3 Å². The molecule has 1 aromatic carbocycles. The number of carbonyl (C=O) groups excluding carboxylic acids is 1. The third kappa shape index (κ3) is 4.69. The van der Waals surface area contributed by atoms with Crippen LogP contribution in [0.5, 0.6) is 0 Å². The zero-order chi connectivity index (χ0) is 12.9. The van der Waals surface area contributed by atoms with Gasteiger partial charge >= 0.3 is 0 Å². The van der Waals surface area contributed by atoms with Crippen LogP contribution >= 0.6 is 27.7 Å². The fraction of sp³-hybridized carbons (Fsp3) is 0.417. The molecule has 0 bridgehead atoms. The van der Waals surface area contributed by atoms with Gasteiger partial charge in [0, 0.05) is 16.8 Å². The molecule has 0 radical (unpaired) electrons. The zero-order valence-corrected chi connectivity index (χ0v) is 12.3. The molecule has 5 heteroatoms. The summed E-state index contributed by atoms with van der Waals surface area (Å²) in [6.45, 7) is 1.96. The standard InChI is InChI=1S/C12H16BrNO2S/c1-12(16,8-17-2)7-14-11(15)9-5-3-4-6-10(9)13/h3-6,16H,7-8H2,1-2H3,(H,14,15). The Morgan fingerprint density at radius 3 is 2.76 bits per heavy atom. The maximum atomic E-state index is 11.9. The van der Waals surface area contributed by atoms with E-state index in [9.17, 15) is 9.90 Å². The lowest BCUT2D eigenvalue weighted by atomic mass is 10.1. The van der Waals surface area contributed by atoms with E-state index in [0.29, 0.717) is 11.3 Å². The number of amides is 1. The summed E-state index contributed by atoms with van der Waals surface area (Å²) in [6, 6.07) is 7.21. The summed E-state index contributed by atoms with van der Waals surface area (Å²) in [5.41, 5.74) is -0.302. The molecule has 0 heterocycles. The Morgan fingerprint density at radius 1 is 1.53 bits per heavy atom. The van der Waals surface area contributed by atoms with Crippen molar-refractivity contribution in [1.29, 1.82) is 0 Å². The Bertz CT molecular complexity index is 396. The molecule has 0 saturated heterocycles. The van der Waals surface area contributed by atoms with E-state index in [4.69, 9.17) is 0 Å². The molecule has 0 fully saturated rings. The predicted molar refractivity (Wildman–Crippen MR) is 75.5 cm³/mol. The molecule has 94 valence electrons. The first-order valence-corrected chi connectivity index (χ1v) is 7.39. The van der Waals surface area contributed by atoms with E-state index in [-0.39, 0.29) is 12.5 Å². The van der Waals surface area contributed by atoms with Crippen molar-refractivity contribution in [3.63, 3.8) is 0 Å². The Hall–Kier alpha value is -0.520. The summed E-state index contributed by atoms with van der Waals surface area (Å²) in [5.74, 6) is 0.405. The van der Waals surface area contributed by atoms with E-state index >= 15 is 0 Å². The van der Waals surface area contributed by atoms with Crippen molar-refractivity contribution in [2.75, 3.05) is 18.6 Å². The molecule has 1 unspecified atom stereocenters. The summed E-state index contributed by atoms with van der Waals surface area (Å²) in [5, 5.41) is 12.7. The number of aliphatic hydroxyl groups is 1. The lowest BCUT2D eigenvalue weighted by Crippen LogP contribution is -2.42. The zero-order valence-electron chi connectivity index (χ0n) is 9.87. The number of hydrogen-bond acceptors (Lipinski definition) is 3. The van der Waals surface area contributed by atoms with Gasteiger partial charge in [-0.1, -0.05) is 12.1 Å². The molecule has 0 spiro atoms. The number of thioether (sulfide) groups is 1. The van der Waals surface area contributed by atoms with Crippen molar-refractivity contribution in [2.45, 2.75) is 12.5 Å². The maximum Gasteiger partial charge on any atom is 0.252 e. The number of hydrogen-bond donors (Lipinski definition) is 2. The van der Waals surface area contributed by atoms with E-state index in [2.05, 4.69) is 21.2 Å². The monoisotopic (exact) mass is 317 g/mol. The van der Waals surface area contributed by atoms with Crippen LogP contribution in [0, 0.1) is 0 Å². The number of carbonyl (C=O) groups is 1. The summed E-state index contributed by atoms with van der Waals surface area (Å²) >= 11 is 4.87. The predicted octanol–water partition coefficient (Wildman–Crippen LogP) is 2.29. The lowest BCUT2D eigenvalue weighted by Gasteiger charge is -2.22. The van der Waals surface area contributed by atoms with E-state index in [1.807, 2.05) is 18.4 Å². The largest absolute Gasteiger partial charge is 0.387 e. The van der Waals surface area contributed by atoms with Crippen molar-refractivity contribution >= 4 is 33.6 Å². The Kier molecular flexibility index (Phi) is 5.49. The van der Waals surface area contributed by atoms with Gasteiger partial charge in [0.05, 0.1) is 11.2 Å². The topological polar surface area (TPSA) is 49.3 Å². The van der Waals surface area contributed by atoms with Crippen molar-refractivity contribution in [1.82, 2.24) is 5.32 Å². The van der Waals surface area contributed by atoms with Crippen molar-refractivity contribution in [2.24, 2.45) is 0 Å². The summed E-state index contributed by atoms with van der Waals surface area (Å²) in [7, 11) is 0. The second kappa shape index (κ2) is 6.42. The first-order valence-electron chi connectivity index (χ1n) is 5.20. The van der Waals surface area contributed by atoms with Gasteiger partial charge < -0.3 is 10.4 Å². The maximum absolute atomic E-state index is 11.9. The normalized spacial score (nSPS) is 14.1. The van der Waals surface area contributed by atoms with Gasteiger partial charge in [0.1, 0.15) is 0 Å². The number of rotatable bonds is 5. The van der Waals surface area contributed by atoms with E-state index in [1.54, 1.807) is 30.8 Å². The molecule has 2 N–H and O–H groups in total. The Labute approximate surface area is 114 Å². The molecule has 1 aromatic rings. The van der Waals surface area contributed by atoms with E-state index in [0.717, 1.165) is 4.47 Å². The summed E-state index contributed by atoms with van der Waals surface area (Å²) in [4.78, 5) is 11.9. The van der Waals surface area contributed by atoms with Gasteiger partial charge in [-0.3, -0.25) is 4.79 Å². The van der Waals surface area contributed by atoms with Crippen LogP contribution in [0.3, 0.4) is 0 Å². The van der Waals surface area contributed by atoms with Crippen LogP contribution in [0.2, 0.25) is 0 Å². The second-order valence-corrected chi connectivity index (χ2v) is 5.81. The molecule has 0 aromatic heterocycles. The Morgan fingerprint density at radius 2 is 2.18 bits per heavy atom. The molecule has 0 aliphatic heterocycles. The SMILES string of the molecule is CSCC(C)(O)CNC(=O)c1ccccc1Br. The average Bonchev–Trinajstić information content (AvgIpc) is 2.27. The van der Waals surface area contributed by atoms with Crippen LogP contribution in [0.25, 0.3) is 0 Å². The molecular weight excluding hydrogens is 302 g/mol. The minimum atomic E-state index is -0.879. The van der Waals surface area contributed by atoms with Gasteiger partial charge in [-0.05, 0) is 41.2 Å². The van der Waals surface area contributed by atoms with Gasteiger partial charge in [0.25, 0.3) is 5.91 Å². The molecule has 1 amide bonds. The molecule has 3 nitrogen and oxygen atoms in total. The summed E-state index contributed by atoms with van der Waals surface area (Å²) in [6.07, 6.45) is 1.92. The lowest BCUT2D eigenvalue weighted by molar-refractivity contribution is 0.0724. The minimum Gasteiger partial charge on any atom is -0.387 e. The van der Waals surface area contributed by atoms with Crippen molar-refractivity contribution in [3.8, 4) is 0 Å². The fourth-order valence-electron chi connectivity index (χ4n) is 1.37. The van der Waals surface area contributed by atoms with Crippen LogP contribution in [-0.2, 0) is 0 Å². The number of benzene rings is 1. The molecule has 0 saturated carbocycles. The number of halogens is 1. The molecule has 1 rings (SSSR count). The second-order valence-electron chi connectivity index (χ2n) is 4.09. The Balaban J connectivity index is 2.59. The molecule has 1 atom stereocenters. The van der Waals surface area contributed by atoms with E-state index in [1.165, 1.54) is 0 Å². The van der Waals surface area contributed by atoms with Gasteiger partial charge in [-0.15, -0.1) is 0 Å². The van der Waals surface area contributed by atoms with Crippen LogP contribution < -0.4 is 5.32 Å². The highest BCUT2D eigenvalue weighted by molar-refractivity contribution is 9.10. The smallest absolute Gasteiger partial charge is 0.252 e. The summed E-state index contributed by atoms with van der Waals surface area (Å²) < 4.78 is 0.752. The highest BCUT2D eigenvalue weighted by Gasteiger charge is 2.21. The average molecular weight is 318 g/mol. The highest BCUT2D eigenvalue weighted by Crippen LogP contribution is 2.16. The fourth-order valence-corrected chi connectivity index (χ4v) is 2.56. The quantitative estimate of drug-likeness (QED) is 0.876. The molecule has 0 aliphatic rings. The molecule has 17 heavy (non-hydrogen) atoms. The van der Waals surface area contributed by atoms with Gasteiger partial charge in [0.15, 0.2) is 0 Å². The number of nitrogens with one attached hydrogen (secondary N) is 1. The van der Waals surface area contributed by atoms with Crippen LogP contribution in [0.4, 0.5) is 0 Å². The first kappa shape index (κ1) is 14.5. The first-order chi connectivity index (χ1) is 7.96. The van der Waals surface area contributed by atoms with Gasteiger partial charge in [-0.25, -0.2) is 0 Å². The third-order valence-electron chi connectivity index (χ3n) is 2.20. The van der Waals surface area contributed by atoms with E-state index < -0.39 is 5.60 Å². The molecular formula is C12H16BrNO2S. The minimum absolute atomic E-state index is 0.182.